The quantitative estimate of drug-likeness (QED) is 0.699. The van der Waals surface area contributed by atoms with Crippen molar-refractivity contribution in [2.45, 2.75) is 26.3 Å². The highest BCUT2D eigenvalue weighted by molar-refractivity contribution is 7.91. The van der Waals surface area contributed by atoms with Gasteiger partial charge in [0, 0.05) is 25.3 Å². The molecule has 1 unspecified atom stereocenters. The van der Waals surface area contributed by atoms with Crippen molar-refractivity contribution >= 4 is 27.5 Å². The van der Waals surface area contributed by atoms with E-state index in [1.165, 1.54) is 6.20 Å². The predicted octanol–water partition coefficient (Wildman–Crippen LogP) is -0.0391. The number of nitrogens with zero attached hydrogens (tertiary/aromatic N) is 2. The van der Waals surface area contributed by atoms with E-state index in [9.17, 15) is 18.0 Å². The number of anilines is 1. The molecule has 1 fully saturated rings. The van der Waals surface area contributed by atoms with E-state index in [4.69, 9.17) is 0 Å². The zero-order valence-corrected chi connectivity index (χ0v) is 15.3. The largest absolute Gasteiger partial charge is 0.357 e. The molecule has 0 bridgehead atoms. The first-order chi connectivity index (χ1) is 11.8. The summed E-state index contributed by atoms with van der Waals surface area (Å²) in [4.78, 5) is 30.2. The number of aromatic nitrogens is 1. The van der Waals surface area contributed by atoms with Gasteiger partial charge in [0.1, 0.15) is 5.82 Å². The third-order valence-electron chi connectivity index (χ3n) is 4.10. The zero-order valence-electron chi connectivity index (χ0n) is 14.5. The standard InChI is InChI=1S/C16H24N4O4S/c1-3-20(4-2)14-6-5-12(9-17-14)16(22)18-10-15(21)19-13-7-8-25(23,24)11-13/h5-6,9,13H,3-4,7-8,10-11H2,1-2H3,(H,18,22)(H,19,21). The molecule has 2 heterocycles. The molecule has 8 nitrogen and oxygen atoms in total. The molecule has 0 radical (unpaired) electrons. The summed E-state index contributed by atoms with van der Waals surface area (Å²) < 4.78 is 22.7. The molecule has 2 N–H and O–H groups in total. The predicted molar refractivity (Wildman–Crippen MR) is 95.3 cm³/mol. The number of amides is 2. The Labute approximate surface area is 147 Å². The number of nitrogens with one attached hydrogen (secondary N) is 2. The summed E-state index contributed by atoms with van der Waals surface area (Å²) in [5, 5.41) is 5.14. The number of sulfone groups is 1. The normalized spacial score (nSPS) is 18.6. The Bertz CT molecular complexity index is 714. The average molecular weight is 368 g/mol. The first kappa shape index (κ1) is 19.2. The van der Waals surface area contributed by atoms with Crippen LogP contribution in [0.3, 0.4) is 0 Å². The van der Waals surface area contributed by atoms with E-state index >= 15 is 0 Å². The summed E-state index contributed by atoms with van der Waals surface area (Å²) in [5.74, 6) is 0.0517. The van der Waals surface area contributed by atoms with Gasteiger partial charge < -0.3 is 15.5 Å². The lowest BCUT2D eigenvalue weighted by Gasteiger charge is -2.19. The Morgan fingerprint density at radius 2 is 2.00 bits per heavy atom. The van der Waals surface area contributed by atoms with Gasteiger partial charge in [0.25, 0.3) is 5.91 Å². The van der Waals surface area contributed by atoms with E-state index in [2.05, 4.69) is 20.5 Å². The fourth-order valence-electron chi connectivity index (χ4n) is 2.71. The van der Waals surface area contributed by atoms with Crippen LogP contribution in [0.2, 0.25) is 0 Å². The van der Waals surface area contributed by atoms with Gasteiger partial charge in [0.2, 0.25) is 5.91 Å². The van der Waals surface area contributed by atoms with Crippen LogP contribution in [0, 0.1) is 0 Å². The Morgan fingerprint density at radius 3 is 2.52 bits per heavy atom. The third kappa shape index (κ3) is 5.42. The van der Waals surface area contributed by atoms with E-state index in [-0.39, 0.29) is 24.1 Å². The number of rotatable bonds is 7. The van der Waals surface area contributed by atoms with Gasteiger partial charge in [-0.1, -0.05) is 0 Å². The summed E-state index contributed by atoms with van der Waals surface area (Å²) in [6.07, 6.45) is 1.89. The minimum absolute atomic E-state index is 0.0383. The van der Waals surface area contributed by atoms with Crippen LogP contribution in [0.4, 0.5) is 5.82 Å². The van der Waals surface area contributed by atoms with Crippen LogP contribution in [0.25, 0.3) is 0 Å². The number of carbonyl (C=O) groups excluding carboxylic acids is 2. The molecule has 0 aliphatic carbocycles. The fourth-order valence-corrected chi connectivity index (χ4v) is 4.38. The smallest absolute Gasteiger partial charge is 0.253 e. The van der Waals surface area contributed by atoms with Crippen molar-refractivity contribution in [3.63, 3.8) is 0 Å². The topological polar surface area (TPSA) is 108 Å². The van der Waals surface area contributed by atoms with E-state index in [0.717, 1.165) is 18.9 Å². The van der Waals surface area contributed by atoms with Gasteiger partial charge in [-0.3, -0.25) is 9.59 Å². The van der Waals surface area contributed by atoms with Gasteiger partial charge in [-0.25, -0.2) is 13.4 Å². The van der Waals surface area contributed by atoms with Crippen molar-refractivity contribution < 1.29 is 18.0 Å². The fraction of sp³-hybridized carbons (Fsp3) is 0.562. The van der Waals surface area contributed by atoms with E-state index in [1.54, 1.807) is 12.1 Å². The Morgan fingerprint density at radius 1 is 1.28 bits per heavy atom. The van der Waals surface area contributed by atoms with Crippen molar-refractivity contribution in [3.05, 3.63) is 23.9 Å². The molecule has 1 atom stereocenters. The second-order valence-corrected chi connectivity index (χ2v) is 8.16. The van der Waals surface area contributed by atoms with Crippen molar-refractivity contribution in [1.29, 1.82) is 0 Å². The van der Waals surface area contributed by atoms with Crippen molar-refractivity contribution in [3.8, 4) is 0 Å². The molecule has 1 aromatic heterocycles. The maximum Gasteiger partial charge on any atom is 0.253 e. The van der Waals surface area contributed by atoms with Gasteiger partial charge >= 0.3 is 0 Å². The SMILES string of the molecule is CCN(CC)c1ccc(C(=O)NCC(=O)NC2CCS(=O)(=O)C2)cn1. The van der Waals surface area contributed by atoms with Crippen LogP contribution in [-0.2, 0) is 14.6 Å². The lowest BCUT2D eigenvalue weighted by molar-refractivity contribution is -0.120. The van der Waals surface area contributed by atoms with Gasteiger partial charge in [-0.2, -0.15) is 0 Å². The van der Waals surface area contributed by atoms with Gasteiger partial charge in [0.05, 0.1) is 23.6 Å². The Balaban J connectivity index is 1.82. The van der Waals surface area contributed by atoms with Crippen molar-refractivity contribution in [2.24, 2.45) is 0 Å². The van der Waals surface area contributed by atoms with Gasteiger partial charge in [-0.15, -0.1) is 0 Å². The molecule has 138 valence electrons. The summed E-state index contributed by atoms with van der Waals surface area (Å²) in [6.45, 7) is 5.51. The van der Waals surface area contributed by atoms with Crippen molar-refractivity contribution in [2.75, 3.05) is 36.0 Å². The Hall–Kier alpha value is -2.16. The molecule has 1 saturated heterocycles. The second-order valence-electron chi connectivity index (χ2n) is 5.93. The molecule has 1 aliphatic heterocycles. The molecule has 2 amide bonds. The number of carbonyl (C=O) groups is 2. The lowest BCUT2D eigenvalue weighted by atomic mass is 10.2. The highest BCUT2D eigenvalue weighted by Crippen LogP contribution is 2.11. The lowest BCUT2D eigenvalue weighted by Crippen LogP contribution is -2.42. The van der Waals surface area contributed by atoms with Crippen LogP contribution in [0.15, 0.2) is 18.3 Å². The summed E-state index contributed by atoms with van der Waals surface area (Å²) in [5.41, 5.74) is 0.368. The molecule has 0 saturated carbocycles. The van der Waals surface area contributed by atoms with Crippen LogP contribution in [-0.4, -0.2) is 62.4 Å². The molecular formula is C16H24N4O4S. The monoisotopic (exact) mass is 368 g/mol. The number of hydrogen-bond acceptors (Lipinski definition) is 6. The van der Waals surface area contributed by atoms with Crippen LogP contribution in [0.1, 0.15) is 30.6 Å². The minimum atomic E-state index is -3.05. The first-order valence-corrected chi connectivity index (χ1v) is 10.2. The second kappa shape index (κ2) is 8.28. The van der Waals surface area contributed by atoms with Gasteiger partial charge in [0.15, 0.2) is 9.84 Å². The minimum Gasteiger partial charge on any atom is -0.357 e. The Kier molecular flexibility index (Phi) is 6.35. The van der Waals surface area contributed by atoms with Gasteiger partial charge in [-0.05, 0) is 32.4 Å². The summed E-state index contributed by atoms with van der Waals surface area (Å²) in [7, 11) is -3.05. The summed E-state index contributed by atoms with van der Waals surface area (Å²) >= 11 is 0. The van der Waals surface area contributed by atoms with Crippen LogP contribution in [0.5, 0.6) is 0 Å². The molecule has 1 aliphatic rings. The molecule has 2 rings (SSSR count). The molecule has 0 spiro atoms. The highest BCUT2D eigenvalue weighted by atomic mass is 32.2. The highest BCUT2D eigenvalue weighted by Gasteiger charge is 2.28. The maximum absolute atomic E-state index is 12.1. The first-order valence-electron chi connectivity index (χ1n) is 8.33. The molecule has 25 heavy (non-hydrogen) atoms. The molecular weight excluding hydrogens is 344 g/mol. The summed E-state index contributed by atoms with van der Waals surface area (Å²) in [6, 6.07) is 3.06. The molecule has 9 heteroatoms. The van der Waals surface area contributed by atoms with E-state index in [0.29, 0.717) is 12.0 Å². The van der Waals surface area contributed by atoms with Crippen molar-refractivity contribution in [1.82, 2.24) is 15.6 Å². The molecule has 1 aromatic rings. The van der Waals surface area contributed by atoms with Crippen LogP contribution < -0.4 is 15.5 Å². The average Bonchev–Trinajstić information content (AvgIpc) is 2.93. The maximum atomic E-state index is 12.1. The van der Waals surface area contributed by atoms with Crippen LogP contribution >= 0.6 is 0 Å². The van der Waals surface area contributed by atoms with E-state index in [1.807, 2.05) is 13.8 Å². The number of pyridine rings is 1. The molecule has 0 aromatic carbocycles. The third-order valence-corrected chi connectivity index (χ3v) is 5.87. The van der Waals surface area contributed by atoms with E-state index < -0.39 is 21.7 Å². The zero-order chi connectivity index (χ0) is 18.4. The number of hydrogen-bond donors (Lipinski definition) is 2.